The van der Waals surface area contributed by atoms with Crippen LogP contribution in [0.5, 0.6) is 5.75 Å². The molecule has 0 unspecified atom stereocenters. The molecule has 0 radical (unpaired) electrons. The monoisotopic (exact) mass is 308 g/mol. The maximum absolute atomic E-state index is 12.1. The lowest BCUT2D eigenvalue weighted by Gasteiger charge is -2.29. The van der Waals surface area contributed by atoms with Crippen molar-refractivity contribution in [2.75, 3.05) is 13.2 Å². The van der Waals surface area contributed by atoms with Gasteiger partial charge in [-0.25, -0.2) is 4.79 Å². The standard InChI is InChI=1S/C18H28O4/c1-7-18(5,6)14-11-12(16(21)22-9-8-19)10-13(15(14)20)17(2,3)4/h10-11,19-20H,7-9H2,1-6H3. The van der Waals surface area contributed by atoms with Crippen LogP contribution in [-0.2, 0) is 15.6 Å². The fourth-order valence-corrected chi connectivity index (χ4v) is 2.25. The van der Waals surface area contributed by atoms with Gasteiger partial charge in [0.15, 0.2) is 0 Å². The van der Waals surface area contributed by atoms with Crippen LogP contribution in [0.4, 0.5) is 0 Å². The number of esters is 1. The van der Waals surface area contributed by atoms with Gasteiger partial charge in [-0.15, -0.1) is 0 Å². The summed E-state index contributed by atoms with van der Waals surface area (Å²) in [6.45, 7) is 11.9. The van der Waals surface area contributed by atoms with Crippen molar-refractivity contribution in [3.8, 4) is 5.75 Å². The number of benzene rings is 1. The van der Waals surface area contributed by atoms with E-state index in [2.05, 4.69) is 0 Å². The summed E-state index contributed by atoms with van der Waals surface area (Å²) in [6.07, 6.45) is 0.833. The maximum Gasteiger partial charge on any atom is 0.338 e. The molecule has 1 aromatic carbocycles. The molecular formula is C18H28O4. The van der Waals surface area contributed by atoms with Crippen LogP contribution in [-0.4, -0.2) is 29.4 Å². The number of rotatable bonds is 5. The van der Waals surface area contributed by atoms with Crippen molar-refractivity contribution < 1.29 is 19.7 Å². The highest BCUT2D eigenvalue weighted by Crippen LogP contribution is 2.41. The Hall–Kier alpha value is -1.55. The number of phenolic OH excluding ortho intramolecular Hbond substituents is 1. The molecule has 4 nitrogen and oxygen atoms in total. The lowest BCUT2D eigenvalue weighted by molar-refractivity contribution is 0.0433. The number of aliphatic hydroxyl groups excluding tert-OH is 1. The molecular weight excluding hydrogens is 280 g/mol. The summed E-state index contributed by atoms with van der Waals surface area (Å²) in [5, 5.41) is 19.5. The molecule has 22 heavy (non-hydrogen) atoms. The Morgan fingerprint density at radius 2 is 1.68 bits per heavy atom. The van der Waals surface area contributed by atoms with E-state index in [1.807, 2.05) is 41.5 Å². The topological polar surface area (TPSA) is 66.8 Å². The van der Waals surface area contributed by atoms with Crippen molar-refractivity contribution >= 4 is 5.97 Å². The Labute approximate surface area is 133 Å². The van der Waals surface area contributed by atoms with E-state index < -0.39 is 5.97 Å². The molecule has 0 fully saturated rings. The summed E-state index contributed by atoms with van der Waals surface area (Å²) in [4.78, 5) is 12.1. The molecule has 0 aromatic heterocycles. The van der Waals surface area contributed by atoms with Crippen LogP contribution in [0.2, 0.25) is 0 Å². The first-order valence-electron chi connectivity index (χ1n) is 7.70. The normalized spacial score (nSPS) is 12.3. The Morgan fingerprint density at radius 3 is 2.14 bits per heavy atom. The van der Waals surface area contributed by atoms with E-state index in [1.54, 1.807) is 12.1 Å². The predicted molar refractivity (Wildman–Crippen MR) is 87.5 cm³/mol. The van der Waals surface area contributed by atoms with E-state index in [9.17, 15) is 9.90 Å². The van der Waals surface area contributed by atoms with Crippen molar-refractivity contribution in [3.63, 3.8) is 0 Å². The first kappa shape index (κ1) is 18.5. The third-order valence-electron chi connectivity index (χ3n) is 4.09. The number of aliphatic hydroxyl groups is 1. The molecule has 0 saturated heterocycles. The molecule has 0 aliphatic rings. The van der Waals surface area contributed by atoms with Crippen molar-refractivity contribution in [3.05, 3.63) is 28.8 Å². The van der Waals surface area contributed by atoms with Crippen molar-refractivity contribution in [2.24, 2.45) is 0 Å². The molecule has 1 aromatic rings. The quantitative estimate of drug-likeness (QED) is 0.817. The third kappa shape index (κ3) is 4.01. The molecule has 2 N–H and O–H groups in total. The summed E-state index contributed by atoms with van der Waals surface area (Å²) in [5.74, 6) is -0.231. The molecule has 0 aliphatic heterocycles. The van der Waals surface area contributed by atoms with Crippen molar-refractivity contribution in [2.45, 2.75) is 58.8 Å². The van der Waals surface area contributed by atoms with Gasteiger partial charge in [0.2, 0.25) is 0 Å². The summed E-state index contributed by atoms with van der Waals surface area (Å²) in [6, 6.07) is 3.39. The highest BCUT2D eigenvalue weighted by Gasteiger charge is 2.29. The lowest BCUT2D eigenvalue weighted by atomic mass is 9.76. The summed E-state index contributed by atoms with van der Waals surface area (Å²) in [5.41, 5.74) is 1.33. The highest BCUT2D eigenvalue weighted by molar-refractivity contribution is 5.90. The predicted octanol–water partition coefficient (Wildman–Crippen LogP) is 3.53. The molecule has 0 aliphatic carbocycles. The minimum Gasteiger partial charge on any atom is -0.507 e. The van der Waals surface area contributed by atoms with Crippen LogP contribution in [0.1, 0.15) is 69.4 Å². The fraction of sp³-hybridized carbons (Fsp3) is 0.611. The largest absolute Gasteiger partial charge is 0.507 e. The SMILES string of the molecule is CCC(C)(C)c1cc(C(=O)OCCO)cc(C(C)(C)C)c1O. The van der Waals surface area contributed by atoms with Gasteiger partial charge in [-0.2, -0.15) is 0 Å². The summed E-state index contributed by atoms with van der Waals surface area (Å²) in [7, 11) is 0. The highest BCUT2D eigenvalue weighted by atomic mass is 16.5. The molecule has 1 rings (SSSR count). The van der Waals surface area contributed by atoms with Crippen molar-refractivity contribution in [1.82, 2.24) is 0 Å². The Kier molecular flexibility index (Phi) is 5.63. The fourth-order valence-electron chi connectivity index (χ4n) is 2.25. The second kappa shape index (κ2) is 6.69. The van der Waals surface area contributed by atoms with E-state index >= 15 is 0 Å². The minimum absolute atomic E-state index is 0.0307. The van der Waals surface area contributed by atoms with Crippen LogP contribution >= 0.6 is 0 Å². The van der Waals surface area contributed by atoms with Crippen LogP contribution < -0.4 is 0 Å². The van der Waals surface area contributed by atoms with E-state index in [0.29, 0.717) is 5.56 Å². The molecule has 0 amide bonds. The first-order valence-corrected chi connectivity index (χ1v) is 7.70. The van der Waals surface area contributed by atoms with Gasteiger partial charge in [-0.1, -0.05) is 41.5 Å². The van der Waals surface area contributed by atoms with Crippen LogP contribution in [0.15, 0.2) is 12.1 Å². The number of ether oxygens (including phenoxy) is 1. The molecule has 0 spiro atoms. The van der Waals surface area contributed by atoms with Gasteiger partial charge < -0.3 is 14.9 Å². The number of carbonyl (C=O) groups is 1. The zero-order chi connectivity index (χ0) is 17.1. The van der Waals surface area contributed by atoms with Gasteiger partial charge in [-0.05, 0) is 29.4 Å². The number of hydrogen-bond acceptors (Lipinski definition) is 4. The zero-order valence-electron chi connectivity index (χ0n) is 14.5. The van der Waals surface area contributed by atoms with Gasteiger partial charge in [0.25, 0.3) is 0 Å². The average Bonchev–Trinajstić information content (AvgIpc) is 2.43. The zero-order valence-corrected chi connectivity index (χ0v) is 14.5. The first-order chi connectivity index (χ1) is 10.0. The van der Waals surface area contributed by atoms with E-state index in [0.717, 1.165) is 17.5 Å². The molecule has 124 valence electrons. The smallest absolute Gasteiger partial charge is 0.338 e. The molecule has 0 atom stereocenters. The summed E-state index contributed by atoms with van der Waals surface area (Å²) >= 11 is 0. The Balaban J connectivity index is 3.48. The van der Waals surface area contributed by atoms with Gasteiger partial charge in [-0.3, -0.25) is 0 Å². The van der Waals surface area contributed by atoms with Crippen LogP contribution in [0.3, 0.4) is 0 Å². The van der Waals surface area contributed by atoms with E-state index in [-0.39, 0.29) is 29.8 Å². The molecule has 0 heterocycles. The van der Waals surface area contributed by atoms with Crippen molar-refractivity contribution in [1.29, 1.82) is 0 Å². The number of aromatic hydroxyl groups is 1. The minimum atomic E-state index is -0.479. The average molecular weight is 308 g/mol. The van der Waals surface area contributed by atoms with Gasteiger partial charge in [0, 0.05) is 11.1 Å². The molecule has 4 heteroatoms. The number of hydrogen-bond donors (Lipinski definition) is 2. The third-order valence-corrected chi connectivity index (χ3v) is 4.09. The number of carbonyl (C=O) groups excluding carboxylic acids is 1. The van der Waals surface area contributed by atoms with E-state index in [4.69, 9.17) is 9.84 Å². The van der Waals surface area contributed by atoms with Crippen LogP contribution in [0, 0.1) is 0 Å². The second-order valence-electron chi connectivity index (χ2n) is 7.27. The Bertz CT molecular complexity index is 539. The van der Waals surface area contributed by atoms with Gasteiger partial charge in [0.05, 0.1) is 12.2 Å². The lowest BCUT2D eigenvalue weighted by Crippen LogP contribution is -2.21. The van der Waals surface area contributed by atoms with E-state index in [1.165, 1.54) is 0 Å². The molecule has 0 saturated carbocycles. The molecule has 0 bridgehead atoms. The van der Waals surface area contributed by atoms with Crippen LogP contribution in [0.25, 0.3) is 0 Å². The maximum atomic E-state index is 12.1. The van der Waals surface area contributed by atoms with Gasteiger partial charge in [0.1, 0.15) is 12.4 Å². The second-order valence-corrected chi connectivity index (χ2v) is 7.27. The number of phenols is 1. The van der Waals surface area contributed by atoms with Gasteiger partial charge >= 0.3 is 5.97 Å². The summed E-state index contributed by atoms with van der Waals surface area (Å²) < 4.78 is 5.02. The Morgan fingerprint density at radius 1 is 1.14 bits per heavy atom.